The third-order valence-corrected chi connectivity index (χ3v) is 2.74. The summed E-state index contributed by atoms with van der Waals surface area (Å²) in [4.78, 5) is 0. The first-order valence-electron chi connectivity index (χ1n) is 5.05. The number of halogens is 1. The Kier molecular flexibility index (Phi) is 4.43. The van der Waals surface area contributed by atoms with Crippen LogP contribution in [0.4, 0.5) is 0 Å². The zero-order valence-corrected chi connectivity index (χ0v) is 9.81. The minimum atomic E-state index is 0.540. The summed E-state index contributed by atoms with van der Waals surface area (Å²) in [5.74, 6) is 1.17. The Morgan fingerprint density at radius 1 is 1.36 bits per heavy atom. The first-order chi connectivity index (χ1) is 6.65. The highest BCUT2D eigenvalue weighted by Gasteiger charge is 2.14. The summed E-state index contributed by atoms with van der Waals surface area (Å²) in [6, 6.07) is 8.14. The zero-order chi connectivity index (χ0) is 10.6. The molecule has 0 aliphatic rings. The van der Waals surface area contributed by atoms with E-state index < -0.39 is 0 Å². The molecule has 1 aromatic rings. The molecule has 0 aliphatic heterocycles. The predicted octanol–water partition coefficient (Wildman–Crippen LogP) is 3.30. The van der Waals surface area contributed by atoms with E-state index >= 15 is 0 Å². The molecule has 78 valence electrons. The van der Waals surface area contributed by atoms with Gasteiger partial charge in [-0.1, -0.05) is 37.6 Å². The van der Waals surface area contributed by atoms with Crippen LogP contribution in [0.2, 0.25) is 5.02 Å². The van der Waals surface area contributed by atoms with E-state index in [1.165, 1.54) is 5.56 Å². The quantitative estimate of drug-likeness (QED) is 0.806. The maximum atomic E-state index is 5.97. The fraction of sp³-hybridized carbons (Fsp3) is 0.500. The summed E-state index contributed by atoms with van der Waals surface area (Å²) in [5.41, 5.74) is 1.32. The molecular formula is C12H18ClN. The fourth-order valence-corrected chi connectivity index (χ4v) is 1.89. The van der Waals surface area contributed by atoms with Crippen molar-refractivity contribution in [1.29, 1.82) is 0 Å². The molecule has 1 N–H and O–H groups in total. The smallest absolute Gasteiger partial charge is 0.0408 e. The predicted molar refractivity (Wildman–Crippen MR) is 63.0 cm³/mol. The molecule has 0 amide bonds. The van der Waals surface area contributed by atoms with Crippen LogP contribution >= 0.6 is 11.6 Å². The molecule has 1 aromatic carbocycles. The molecule has 0 aromatic heterocycles. The molecule has 2 heteroatoms. The van der Waals surface area contributed by atoms with Gasteiger partial charge in [-0.25, -0.2) is 0 Å². The van der Waals surface area contributed by atoms with E-state index in [4.69, 9.17) is 11.6 Å². The third-order valence-electron chi connectivity index (χ3n) is 2.51. The normalized spacial score (nSPS) is 13.2. The van der Waals surface area contributed by atoms with Crippen LogP contribution in [0.1, 0.15) is 25.3 Å². The molecule has 0 heterocycles. The summed E-state index contributed by atoms with van der Waals surface area (Å²) in [6.07, 6.45) is 0. The minimum Gasteiger partial charge on any atom is -0.319 e. The van der Waals surface area contributed by atoms with Crippen LogP contribution in [-0.4, -0.2) is 13.6 Å². The summed E-state index contributed by atoms with van der Waals surface area (Å²) in [7, 11) is 1.99. The van der Waals surface area contributed by atoms with Gasteiger partial charge in [0, 0.05) is 11.6 Å². The lowest BCUT2D eigenvalue weighted by molar-refractivity contribution is 0.478. The highest BCUT2D eigenvalue weighted by Crippen LogP contribution is 2.25. The van der Waals surface area contributed by atoms with E-state index in [9.17, 15) is 0 Å². The van der Waals surface area contributed by atoms with Crippen molar-refractivity contribution in [3.05, 3.63) is 34.9 Å². The van der Waals surface area contributed by atoms with Crippen LogP contribution in [0.25, 0.3) is 0 Å². The second kappa shape index (κ2) is 5.38. The maximum absolute atomic E-state index is 5.97. The summed E-state index contributed by atoms with van der Waals surface area (Å²) in [5, 5.41) is 4.05. The molecule has 0 fully saturated rings. The number of rotatable bonds is 4. The summed E-state index contributed by atoms with van der Waals surface area (Å²) < 4.78 is 0. The van der Waals surface area contributed by atoms with Gasteiger partial charge in [0.1, 0.15) is 0 Å². The largest absolute Gasteiger partial charge is 0.319 e. The second-order valence-electron chi connectivity index (χ2n) is 3.96. The monoisotopic (exact) mass is 211 g/mol. The molecule has 0 bridgehead atoms. The van der Waals surface area contributed by atoms with Crippen molar-refractivity contribution in [2.45, 2.75) is 19.8 Å². The SMILES string of the molecule is CNCC(c1cccc(Cl)c1)C(C)C. The van der Waals surface area contributed by atoms with E-state index in [1.807, 2.05) is 19.2 Å². The lowest BCUT2D eigenvalue weighted by Gasteiger charge is -2.21. The van der Waals surface area contributed by atoms with E-state index in [0.29, 0.717) is 11.8 Å². The molecule has 0 aliphatic carbocycles. The Bertz CT molecular complexity index is 283. The van der Waals surface area contributed by atoms with E-state index in [2.05, 4.69) is 31.3 Å². The second-order valence-corrected chi connectivity index (χ2v) is 4.40. The molecule has 0 saturated heterocycles. The number of likely N-dealkylation sites (N-methyl/N-ethyl adjacent to an activating group) is 1. The Morgan fingerprint density at radius 3 is 2.57 bits per heavy atom. The van der Waals surface area contributed by atoms with Crippen LogP contribution < -0.4 is 5.32 Å². The summed E-state index contributed by atoms with van der Waals surface area (Å²) in [6.45, 7) is 5.48. The van der Waals surface area contributed by atoms with Gasteiger partial charge in [0.25, 0.3) is 0 Å². The van der Waals surface area contributed by atoms with Crippen molar-refractivity contribution < 1.29 is 0 Å². The van der Waals surface area contributed by atoms with Crippen LogP contribution in [-0.2, 0) is 0 Å². The van der Waals surface area contributed by atoms with Crippen LogP contribution in [0.15, 0.2) is 24.3 Å². The van der Waals surface area contributed by atoms with Crippen LogP contribution in [0.3, 0.4) is 0 Å². The topological polar surface area (TPSA) is 12.0 Å². The highest BCUT2D eigenvalue weighted by molar-refractivity contribution is 6.30. The van der Waals surface area contributed by atoms with Crippen molar-refractivity contribution in [3.8, 4) is 0 Å². The zero-order valence-electron chi connectivity index (χ0n) is 9.05. The number of hydrogen-bond donors (Lipinski definition) is 1. The van der Waals surface area contributed by atoms with E-state index in [0.717, 1.165) is 11.6 Å². The fourth-order valence-electron chi connectivity index (χ4n) is 1.70. The van der Waals surface area contributed by atoms with E-state index in [-0.39, 0.29) is 0 Å². The molecule has 0 saturated carbocycles. The molecule has 1 unspecified atom stereocenters. The Hall–Kier alpha value is -0.530. The van der Waals surface area contributed by atoms with Gasteiger partial charge in [0.2, 0.25) is 0 Å². The Labute approximate surface area is 91.5 Å². The number of benzene rings is 1. The van der Waals surface area contributed by atoms with Crippen molar-refractivity contribution in [2.24, 2.45) is 5.92 Å². The number of nitrogens with one attached hydrogen (secondary N) is 1. The average molecular weight is 212 g/mol. The lowest BCUT2D eigenvalue weighted by atomic mass is 9.88. The highest BCUT2D eigenvalue weighted by atomic mass is 35.5. The maximum Gasteiger partial charge on any atom is 0.0408 e. The standard InChI is InChI=1S/C12H18ClN/c1-9(2)12(8-14-3)10-5-4-6-11(13)7-10/h4-7,9,12,14H,8H2,1-3H3. The van der Waals surface area contributed by atoms with Crippen molar-refractivity contribution in [2.75, 3.05) is 13.6 Å². The molecule has 0 radical (unpaired) electrons. The van der Waals surface area contributed by atoms with Crippen molar-refractivity contribution in [1.82, 2.24) is 5.32 Å². The average Bonchev–Trinajstić information content (AvgIpc) is 2.13. The van der Waals surface area contributed by atoms with Crippen molar-refractivity contribution >= 4 is 11.6 Å². The first kappa shape index (κ1) is 11.5. The van der Waals surface area contributed by atoms with Gasteiger partial charge in [0.15, 0.2) is 0 Å². The number of hydrogen-bond acceptors (Lipinski definition) is 1. The third kappa shape index (κ3) is 3.00. The van der Waals surface area contributed by atoms with Gasteiger partial charge in [0.05, 0.1) is 0 Å². The Morgan fingerprint density at radius 2 is 2.07 bits per heavy atom. The van der Waals surface area contributed by atoms with Gasteiger partial charge < -0.3 is 5.32 Å². The van der Waals surface area contributed by atoms with Gasteiger partial charge in [-0.3, -0.25) is 0 Å². The van der Waals surface area contributed by atoms with Crippen molar-refractivity contribution in [3.63, 3.8) is 0 Å². The lowest BCUT2D eigenvalue weighted by Crippen LogP contribution is -2.21. The van der Waals surface area contributed by atoms with Gasteiger partial charge in [-0.2, -0.15) is 0 Å². The molecule has 0 spiro atoms. The molecule has 1 atom stereocenters. The Balaban J connectivity index is 2.87. The van der Waals surface area contributed by atoms with Crippen LogP contribution in [0.5, 0.6) is 0 Å². The molecule has 14 heavy (non-hydrogen) atoms. The first-order valence-corrected chi connectivity index (χ1v) is 5.43. The van der Waals surface area contributed by atoms with Gasteiger partial charge in [-0.05, 0) is 36.6 Å². The van der Waals surface area contributed by atoms with Crippen LogP contribution in [0, 0.1) is 5.92 Å². The molecule has 1 nitrogen and oxygen atoms in total. The summed E-state index contributed by atoms with van der Waals surface area (Å²) >= 11 is 5.97. The van der Waals surface area contributed by atoms with Gasteiger partial charge >= 0.3 is 0 Å². The van der Waals surface area contributed by atoms with E-state index in [1.54, 1.807) is 0 Å². The minimum absolute atomic E-state index is 0.540. The molecule has 1 rings (SSSR count). The van der Waals surface area contributed by atoms with Gasteiger partial charge in [-0.15, -0.1) is 0 Å². The molecular weight excluding hydrogens is 194 g/mol.